The Labute approximate surface area is 137 Å². The number of Topliss-reactive ketones (excluding diaryl/α,β-unsaturated/α-hetero) is 1. The minimum absolute atomic E-state index is 0.0594. The van der Waals surface area contributed by atoms with Crippen LogP contribution in [0.4, 0.5) is 0 Å². The fourth-order valence-electron chi connectivity index (χ4n) is 2.78. The molecule has 0 N–H and O–H groups in total. The zero-order valence-corrected chi connectivity index (χ0v) is 15.3. The van der Waals surface area contributed by atoms with Crippen molar-refractivity contribution in [3.8, 4) is 5.75 Å². The molecule has 1 rings (SSSR count). The summed E-state index contributed by atoms with van der Waals surface area (Å²) in [5.41, 5.74) is 1.93. The molecule has 0 heterocycles. The first-order valence-corrected chi connectivity index (χ1v) is 8.90. The summed E-state index contributed by atoms with van der Waals surface area (Å²) in [6, 6.07) is 5.83. The number of alkyl halides is 1. The van der Waals surface area contributed by atoms with Gasteiger partial charge in [-0.3, -0.25) is 4.79 Å². The van der Waals surface area contributed by atoms with Crippen molar-refractivity contribution in [2.24, 2.45) is 5.41 Å². The summed E-state index contributed by atoms with van der Waals surface area (Å²) in [5.74, 6) is 0.773. The molecule has 0 aliphatic rings. The first-order valence-electron chi connectivity index (χ1n) is 7.78. The van der Waals surface area contributed by atoms with Gasteiger partial charge >= 0.3 is 0 Å². The number of carbonyl (C=O) groups excluding carboxylic acids is 1. The highest BCUT2D eigenvalue weighted by Gasteiger charge is 2.28. The van der Waals surface area contributed by atoms with E-state index in [-0.39, 0.29) is 11.2 Å². The van der Waals surface area contributed by atoms with Crippen molar-refractivity contribution in [2.75, 3.05) is 11.9 Å². The molecule has 0 radical (unpaired) electrons. The van der Waals surface area contributed by atoms with Crippen LogP contribution in [-0.4, -0.2) is 17.7 Å². The standard InChI is InChI=1S/C18H27BrO2/c1-5-9-18(12-19,10-6-2)13-21-17-8-7-14(3)11-16(17)15(4)20/h7-8,11H,5-6,9-10,12-13H2,1-4H3. The quantitative estimate of drug-likeness (QED) is 0.428. The topological polar surface area (TPSA) is 26.3 Å². The van der Waals surface area contributed by atoms with Crippen LogP contribution in [0, 0.1) is 12.3 Å². The molecular weight excluding hydrogens is 328 g/mol. The zero-order valence-electron chi connectivity index (χ0n) is 13.7. The lowest BCUT2D eigenvalue weighted by Gasteiger charge is -2.31. The maximum atomic E-state index is 11.8. The largest absolute Gasteiger partial charge is 0.492 e. The van der Waals surface area contributed by atoms with Gasteiger partial charge in [0.2, 0.25) is 0 Å². The second-order valence-corrected chi connectivity index (χ2v) is 6.54. The molecule has 0 aliphatic carbocycles. The van der Waals surface area contributed by atoms with Crippen molar-refractivity contribution < 1.29 is 9.53 Å². The van der Waals surface area contributed by atoms with Crippen LogP contribution in [0.1, 0.15) is 62.4 Å². The fourth-order valence-corrected chi connectivity index (χ4v) is 3.50. The molecule has 2 nitrogen and oxygen atoms in total. The van der Waals surface area contributed by atoms with Crippen molar-refractivity contribution >= 4 is 21.7 Å². The lowest BCUT2D eigenvalue weighted by atomic mass is 9.82. The molecule has 21 heavy (non-hydrogen) atoms. The van der Waals surface area contributed by atoms with E-state index in [0.29, 0.717) is 17.9 Å². The third kappa shape index (κ3) is 5.14. The molecule has 118 valence electrons. The van der Waals surface area contributed by atoms with Crippen LogP contribution in [0.25, 0.3) is 0 Å². The Balaban J connectivity index is 2.92. The van der Waals surface area contributed by atoms with Gasteiger partial charge in [0, 0.05) is 10.7 Å². The van der Waals surface area contributed by atoms with Crippen LogP contribution in [0.15, 0.2) is 18.2 Å². The summed E-state index contributed by atoms with van der Waals surface area (Å²) in [5, 5.41) is 0.933. The summed E-state index contributed by atoms with van der Waals surface area (Å²) in [7, 11) is 0. The van der Waals surface area contributed by atoms with Crippen molar-refractivity contribution in [1.82, 2.24) is 0 Å². The highest BCUT2D eigenvalue weighted by Crippen LogP contribution is 2.33. The van der Waals surface area contributed by atoms with Gasteiger partial charge in [0.1, 0.15) is 5.75 Å². The minimum Gasteiger partial charge on any atom is -0.492 e. The smallest absolute Gasteiger partial charge is 0.163 e. The van der Waals surface area contributed by atoms with Crippen LogP contribution >= 0.6 is 15.9 Å². The Morgan fingerprint density at radius 3 is 2.33 bits per heavy atom. The molecule has 0 amide bonds. The van der Waals surface area contributed by atoms with Gasteiger partial charge in [-0.15, -0.1) is 0 Å². The van der Waals surface area contributed by atoms with Gasteiger partial charge in [0.05, 0.1) is 12.2 Å². The molecule has 0 bridgehead atoms. The van der Waals surface area contributed by atoms with E-state index in [4.69, 9.17) is 4.74 Å². The molecule has 0 saturated heterocycles. The Kier molecular flexibility index (Phi) is 7.44. The van der Waals surface area contributed by atoms with Crippen molar-refractivity contribution in [3.05, 3.63) is 29.3 Å². The lowest BCUT2D eigenvalue weighted by molar-refractivity contribution is 0.100. The second-order valence-electron chi connectivity index (χ2n) is 5.98. The zero-order chi connectivity index (χ0) is 15.9. The Morgan fingerprint density at radius 2 is 1.86 bits per heavy atom. The molecule has 0 unspecified atom stereocenters. The first kappa shape index (κ1) is 18.2. The summed E-state index contributed by atoms with van der Waals surface area (Å²) in [6.45, 7) is 8.66. The van der Waals surface area contributed by atoms with E-state index >= 15 is 0 Å². The van der Waals surface area contributed by atoms with Crippen molar-refractivity contribution in [2.45, 2.75) is 53.4 Å². The van der Waals surface area contributed by atoms with Gasteiger partial charge in [-0.2, -0.15) is 0 Å². The van der Waals surface area contributed by atoms with E-state index in [1.165, 1.54) is 0 Å². The van der Waals surface area contributed by atoms with Gasteiger partial charge in [-0.1, -0.05) is 54.2 Å². The van der Waals surface area contributed by atoms with E-state index < -0.39 is 0 Å². The highest BCUT2D eigenvalue weighted by molar-refractivity contribution is 9.09. The Hall–Kier alpha value is -0.830. The predicted octanol–water partition coefficient (Wildman–Crippen LogP) is 5.56. The minimum atomic E-state index is 0.0594. The molecule has 0 aliphatic heterocycles. The maximum absolute atomic E-state index is 11.8. The molecular formula is C18H27BrO2. The van der Waals surface area contributed by atoms with E-state index in [1.54, 1.807) is 6.92 Å². The summed E-state index contributed by atoms with van der Waals surface area (Å²) in [6.07, 6.45) is 4.55. The second kappa shape index (κ2) is 8.57. The van der Waals surface area contributed by atoms with Gasteiger partial charge in [-0.25, -0.2) is 0 Å². The normalized spacial score (nSPS) is 11.5. The molecule has 3 heteroatoms. The number of halogens is 1. The molecule has 1 aromatic rings. The Morgan fingerprint density at radius 1 is 1.24 bits per heavy atom. The molecule has 0 saturated carbocycles. The maximum Gasteiger partial charge on any atom is 0.163 e. The van der Waals surface area contributed by atoms with Crippen LogP contribution in [-0.2, 0) is 0 Å². The monoisotopic (exact) mass is 354 g/mol. The van der Waals surface area contributed by atoms with Crippen LogP contribution in [0.5, 0.6) is 5.75 Å². The number of rotatable bonds is 9. The first-order chi connectivity index (χ1) is 9.98. The van der Waals surface area contributed by atoms with E-state index in [9.17, 15) is 4.79 Å². The Bertz CT molecular complexity index is 462. The molecule has 0 aromatic heterocycles. The van der Waals surface area contributed by atoms with Gasteiger partial charge in [-0.05, 0) is 38.8 Å². The fraction of sp³-hybridized carbons (Fsp3) is 0.611. The van der Waals surface area contributed by atoms with E-state index in [0.717, 1.165) is 36.6 Å². The summed E-state index contributed by atoms with van der Waals surface area (Å²) in [4.78, 5) is 11.8. The van der Waals surface area contributed by atoms with Crippen LogP contribution in [0.2, 0.25) is 0 Å². The van der Waals surface area contributed by atoms with E-state index in [1.807, 2.05) is 25.1 Å². The number of ether oxygens (including phenoxy) is 1. The van der Waals surface area contributed by atoms with Crippen LogP contribution < -0.4 is 4.74 Å². The number of hydrogen-bond acceptors (Lipinski definition) is 2. The lowest BCUT2D eigenvalue weighted by Crippen LogP contribution is -2.30. The number of benzene rings is 1. The molecule has 0 fully saturated rings. The SMILES string of the molecule is CCCC(CBr)(CCC)COc1ccc(C)cc1C(C)=O. The molecule has 1 aromatic carbocycles. The van der Waals surface area contributed by atoms with Gasteiger partial charge in [0.15, 0.2) is 5.78 Å². The summed E-state index contributed by atoms with van der Waals surface area (Å²) < 4.78 is 6.06. The third-order valence-electron chi connectivity index (χ3n) is 3.89. The predicted molar refractivity (Wildman–Crippen MR) is 92.7 cm³/mol. The summed E-state index contributed by atoms with van der Waals surface area (Å²) >= 11 is 3.66. The van der Waals surface area contributed by atoms with E-state index in [2.05, 4.69) is 29.8 Å². The van der Waals surface area contributed by atoms with Gasteiger partial charge < -0.3 is 4.74 Å². The van der Waals surface area contributed by atoms with Crippen molar-refractivity contribution in [1.29, 1.82) is 0 Å². The average Bonchev–Trinajstić information content (AvgIpc) is 2.46. The molecule has 0 atom stereocenters. The molecule has 0 spiro atoms. The number of hydrogen-bond donors (Lipinski definition) is 0. The number of aryl methyl sites for hydroxylation is 1. The third-order valence-corrected chi connectivity index (χ3v) is 5.08. The number of ketones is 1. The average molecular weight is 355 g/mol. The van der Waals surface area contributed by atoms with Crippen LogP contribution in [0.3, 0.4) is 0 Å². The number of carbonyl (C=O) groups is 1. The highest BCUT2D eigenvalue weighted by atomic mass is 79.9. The van der Waals surface area contributed by atoms with Gasteiger partial charge in [0.25, 0.3) is 0 Å². The van der Waals surface area contributed by atoms with Crippen molar-refractivity contribution in [3.63, 3.8) is 0 Å².